The van der Waals surface area contributed by atoms with Gasteiger partial charge in [0.15, 0.2) is 0 Å². The highest BCUT2D eigenvalue weighted by atomic mass is 15.2. The summed E-state index contributed by atoms with van der Waals surface area (Å²) in [7, 11) is 0. The lowest BCUT2D eigenvalue weighted by molar-refractivity contribution is 0.307. The third-order valence-electron chi connectivity index (χ3n) is 3.26. The average Bonchev–Trinajstić information content (AvgIpc) is 2.35. The zero-order chi connectivity index (χ0) is 12.7. The molecule has 96 valence electrons. The fourth-order valence-corrected chi connectivity index (χ4v) is 2.09. The molecule has 0 unspecified atom stereocenters. The molecule has 0 amide bonds. The van der Waals surface area contributed by atoms with Crippen molar-refractivity contribution in [2.75, 3.05) is 31.1 Å². The molecule has 0 radical (unpaired) electrons. The van der Waals surface area contributed by atoms with E-state index in [9.17, 15) is 0 Å². The summed E-state index contributed by atoms with van der Waals surface area (Å²) in [6.07, 6.45) is 0. The van der Waals surface area contributed by atoms with Crippen LogP contribution in [0.4, 0.5) is 5.69 Å². The van der Waals surface area contributed by atoms with E-state index < -0.39 is 0 Å². The number of likely N-dealkylation sites (N-methyl/N-ethyl adjacent to an activating group) is 1. The van der Waals surface area contributed by atoms with Crippen LogP contribution >= 0.6 is 0 Å². The summed E-state index contributed by atoms with van der Waals surface area (Å²) in [6.45, 7) is 13.5. The van der Waals surface area contributed by atoms with Gasteiger partial charge in [-0.1, -0.05) is 32.0 Å². The third kappa shape index (κ3) is 4.39. The lowest BCUT2D eigenvalue weighted by Gasteiger charge is -2.31. The Morgan fingerprint density at radius 2 is 1.53 bits per heavy atom. The largest absolute Gasteiger partial charge is 0.368 e. The first kappa shape index (κ1) is 14.0. The first-order chi connectivity index (χ1) is 8.19. The molecule has 1 aromatic carbocycles. The molecule has 0 heterocycles. The predicted molar refractivity (Wildman–Crippen MR) is 76.7 cm³/mol. The highest BCUT2D eigenvalue weighted by Gasteiger charge is 2.11. The molecule has 1 aromatic rings. The molecule has 1 rings (SSSR count). The molecule has 0 aromatic heterocycles. The van der Waals surface area contributed by atoms with Gasteiger partial charge in [0.2, 0.25) is 0 Å². The zero-order valence-electron chi connectivity index (χ0n) is 11.7. The second kappa shape index (κ2) is 7.33. The molecule has 2 nitrogen and oxygen atoms in total. The Hall–Kier alpha value is -1.02. The Labute approximate surface area is 106 Å². The summed E-state index contributed by atoms with van der Waals surface area (Å²) < 4.78 is 0. The van der Waals surface area contributed by atoms with Gasteiger partial charge in [0.05, 0.1) is 0 Å². The summed E-state index contributed by atoms with van der Waals surface area (Å²) in [6, 6.07) is 11.2. The van der Waals surface area contributed by atoms with Crippen LogP contribution in [0.1, 0.15) is 27.7 Å². The topological polar surface area (TPSA) is 6.48 Å². The third-order valence-corrected chi connectivity index (χ3v) is 3.26. The van der Waals surface area contributed by atoms with Gasteiger partial charge in [-0.25, -0.2) is 0 Å². The lowest BCUT2D eigenvalue weighted by atomic mass is 10.2. The van der Waals surface area contributed by atoms with E-state index in [1.54, 1.807) is 0 Å². The van der Waals surface area contributed by atoms with Crippen molar-refractivity contribution in [2.24, 2.45) is 0 Å². The van der Waals surface area contributed by atoms with E-state index in [0.717, 1.165) is 26.2 Å². The van der Waals surface area contributed by atoms with Gasteiger partial charge in [-0.3, -0.25) is 0 Å². The standard InChI is InChI=1S/C15H26N2/c1-5-16(6-2)12-13-17(14(3)4)15-10-8-7-9-11-15/h7-11,14H,5-6,12-13H2,1-4H3. The van der Waals surface area contributed by atoms with Crippen molar-refractivity contribution >= 4 is 5.69 Å². The van der Waals surface area contributed by atoms with E-state index in [0.29, 0.717) is 6.04 Å². The van der Waals surface area contributed by atoms with Gasteiger partial charge in [-0.2, -0.15) is 0 Å². The molecule has 0 fully saturated rings. The van der Waals surface area contributed by atoms with Gasteiger partial charge in [0.25, 0.3) is 0 Å². The molecule has 0 aliphatic rings. The molecule has 2 heteroatoms. The fourth-order valence-electron chi connectivity index (χ4n) is 2.09. The Morgan fingerprint density at radius 1 is 0.941 bits per heavy atom. The second-order valence-corrected chi connectivity index (χ2v) is 4.65. The van der Waals surface area contributed by atoms with Crippen LogP contribution in [0, 0.1) is 0 Å². The molecule has 0 saturated heterocycles. The summed E-state index contributed by atoms with van der Waals surface area (Å²) in [5.74, 6) is 0. The van der Waals surface area contributed by atoms with E-state index >= 15 is 0 Å². The SMILES string of the molecule is CCN(CC)CCN(c1ccccc1)C(C)C. The molecular formula is C15H26N2. The van der Waals surface area contributed by atoms with Crippen LogP contribution in [0.5, 0.6) is 0 Å². The minimum atomic E-state index is 0.549. The van der Waals surface area contributed by atoms with Crippen LogP contribution in [-0.4, -0.2) is 37.1 Å². The predicted octanol–water partition coefficient (Wildman–Crippen LogP) is 3.24. The molecular weight excluding hydrogens is 208 g/mol. The van der Waals surface area contributed by atoms with Crippen LogP contribution in [0.25, 0.3) is 0 Å². The molecule has 0 spiro atoms. The van der Waals surface area contributed by atoms with Crippen molar-refractivity contribution in [1.29, 1.82) is 0 Å². The zero-order valence-corrected chi connectivity index (χ0v) is 11.7. The second-order valence-electron chi connectivity index (χ2n) is 4.65. The first-order valence-corrected chi connectivity index (χ1v) is 6.73. The molecule has 0 N–H and O–H groups in total. The van der Waals surface area contributed by atoms with Crippen molar-refractivity contribution in [3.8, 4) is 0 Å². The van der Waals surface area contributed by atoms with Crippen LogP contribution < -0.4 is 4.90 Å². The van der Waals surface area contributed by atoms with Crippen molar-refractivity contribution in [3.05, 3.63) is 30.3 Å². The maximum atomic E-state index is 2.47. The number of hydrogen-bond acceptors (Lipinski definition) is 2. The first-order valence-electron chi connectivity index (χ1n) is 6.73. The van der Waals surface area contributed by atoms with Gasteiger partial charge >= 0.3 is 0 Å². The Kier molecular flexibility index (Phi) is 6.06. The van der Waals surface area contributed by atoms with Gasteiger partial charge < -0.3 is 9.80 Å². The summed E-state index contributed by atoms with van der Waals surface area (Å²) >= 11 is 0. The van der Waals surface area contributed by atoms with Crippen LogP contribution in [0.3, 0.4) is 0 Å². The molecule has 0 aliphatic heterocycles. The smallest absolute Gasteiger partial charge is 0.0368 e. The molecule has 0 saturated carbocycles. The van der Waals surface area contributed by atoms with Gasteiger partial charge in [-0.15, -0.1) is 0 Å². The molecule has 0 aliphatic carbocycles. The Morgan fingerprint density at radius 3 is 2.00 bits per heavy atom. The minimum absolute atomic E-state index is 0.549. The summed E-state index contributed by atoms with van der Waals surface area (Å²) in [4.78, 5) is 4.94. The number of nitrogens with zero attached hydrogens (tertiary/aromatic N) is 2. The van der Waals surface area contributed by atoms with E-state index in [-0.39, 0.29) is 0 Å². The molecule has 0 bridgehead atoms. The van der Waals surface area contributed by atoms with E-state index in [1.165, 1.54) is 5.69 Å². The summed E-state index contributed by atoms with van der Waals surface area (Å²) in [5, 5.41) is 0. The highest BCUT2D eigenvalue weighted by Crippen LogP contribution is 2.15. The fraction of sp³-hybridized carbons (Fsp3) is 0.600. The van der Waals surface area contributed by atoms with Gasteiger partial charge in [0, 0.05) is 24.8 Å². The number of para-hydroxylation sites is 1. The van der Waals surface area contributed by atoms with Gasteiger partial charge in [-0.05, 0) is 39.1 Å². The van der Waals surface area contributed by atoms with E-state index in [2.05, 4.69) is 67.8 Å². The van der Waals surface area contributed by atoms with Crippen molar-refractivity contribution in [3.63, 3.8) is 0 Å². The minimum Gasteiger partial charge on any atom is -0.368 e. The van der Waals surface area contributed by atoms with Crippen LogP contribution in [0.2, 0.25) is 0 Å². The van der Waals surface area contributed by atoms with Gasteiger partial charge in [0.1, 0.15) is 0 Å². The monoisotopic (exact) mass is 234 g/mol. The number of anilines is 1. The van der Waals surface area contributed by atoms with Crippen molar-refractivity contribution in [1.82, 2.24) is 4.90 Å². The molecule has 17 heavy (non-hydrogen) atoms. The normalized spacial score (nSPS) is 11.2. The van der Waals surface area contributed by atoms with Crippen LogP contribution in [0.15, 0.2) is 30.3 Å². The quantitative estimate of drug-likeness (QED) is 0.714. The van der Waals surface area contributed by atoms with Crippen LogP contribution in [-0.2, 0) is 0 Å². The number of rotatable bonds is 7. The van der Waals surface area contributed by atoms with Crippen molar-refractivity contribution in [2.45, 2.75) is 33.7 Å². The molecule has 0 atom stereocenters. The van der Waals surface area contributed by atoms with Crippen molar-refractivity contribution < 1.29 is 0 Å². The van der Waals surface area contributed by atoms with E-state index in [1.807, 2.05) is 0 Å². The summed E-state index contributed by atoms with van der Waals surface area (Å²) in [5.41, 5.74) is 1.33. The Bertz CT molecular complexity index is 291. The lowest BCUT2D eigenvalue weighted by Crippen LogP contribution is -2.38. The maximum Gasteiger partial charge on any atom is 0.0368 e. The highest BCUT2D eigenvalue weighted by molar-refractivity contribution is 5.46. The maximum absolute atomic E-state index is 2.47. The van der Waals surface area contributed by atoms with E-state index in [4.69, 9.17) is 0 Å². The number of hydrogen-bond donors (Lipinski definition) is 0. The Balaban J connectivity index is 2.62. The number of benzene rings is 1. The average molecular weight is 234 g/mol.